The van der Waals surface area contributed by atoms with E-state index in [1.807, 2.05) is 17.8 Å². The first-order valence-electron chi connectivity index (χ1n) is 9.43. The lowest BCUT2D eigenvalue weighted by Crippen LogP contribution is -2.26. The Morgan fingerprint density at radius 1 is 1.33 bits per heavy atom. The molecule has 6 nitrogen and oxygen atoms in total. The van der Waals surface area contributed by atoms with Crippen molar-refractivity contribution in [1.29, 1.82) is 0 Å². The molecule has 6 heteroatoms. The molecule has 0 bridgehead atoms. The molecule has 2 N–H and O–H groups in total. The molecule has 0 unspecified atom stereocenters. The summed E-state index contributed by atoms with van der Waals surface area (Å²) in [5.41, 5.74) is 9.05. The first-order valence-corrected chi connectivity index (χ1v) is 9.43. The molecule has 1 aliphatic rings. The number of nitrogens with one attached hydrogen (secondary N) is 1. The fourth-order valence-corrected chi connectivity index (χ4v) is 3.80. The number of hydrogen-bond donors (Lipinski definition) is 2. The van der Waals surface area contributed by atoms with Crippen LogP contribution in [-0.2, 0) is 31.2 Å². The maximum Gasteiger partial charge on any atom is 0.267 e. The Kier molecular flexibility index (Phi) is 6.08. The van der Waals surface area contributed by atoms with Crippen molar-refractivity contribution >= 4 is 12.0 Å². The average Bonchev–Trinajstić information content (AvgIpc) is 2.81. The summed E-state index contributed by atoms with van der Waals surface area (Å²) in [4.78, 5) is 13.7. The minimum absolute atomic E-state index is 0.517. The van der Waals surface area contributed by atoms with Crippen LogP contribution in [0.25, 0.3) is 6.08 Å². The molecule has 1 amide bonds. The van der Waals surface area contributed by atoms with Crippen LogP contribution in [0.15, 0.2) is 24.3 Å². The van der Waals surface area contributed by atoms with Crippen LogP contribution in [0.4, 0.5) is 0 Å². The maximum atomic E-state index is 11.1. The summed E-state index contributed by atoms with van der Waals surface area (Å²) in [5.74, 6) is -0.517. The third kappa shape index (κ3) is 4.64. The normalized spacial score (nSPS) is 15.0. The van der Waals surface area contributed by atoms with Gasteiger partial charge in [0.1, 0.15) is 0 Å². The predicted molar refractivity (Wildman–Crippen MR) is 105 cm³/mol. The smallest absolute Gasteiger partial charge is 0.267 e. The number of carbonyl (C=O) groups excluding carboxylic acids is 1. The molecule has 0 atom stereocenters. The summed E-state index contributed by atoms with van der Waals surface area (Å²) in [5, 5.41) is 13.1. The van der Waals surface area contributed by atoms with Crippen LogP contribution in [0.5, 0.6) is 0 Å². The third-order valence-electron chi connectivity index (χ3n) is 5.42. The lowest BCUT2D eigenvalue weighted by molar-refractivity contribution is -0.124. The van der Waals surface area contributed by atoms with Gasteiger partial charge in [0.15, 0.2) is 0 Å². The van der Waals surface area contributed by atoms with Crippen LogP contribution in [0.3, 0.4) is 0 Å². The van der Waals surface area contributed by atoms with Crippen molar-refractivity contribution < 1.29 is 10.0 Å². The van der Waals surface area contributed by atoms with E-state index in [1.165, 1.54) is 28.5 Å². The minimum Gasteiger partial charge on any atom is -0.299 e. The van der Waals surface area contributed by atoms with E-state index in [9.17, 15) is 4.79 Å². The topological polar surface area (TPSA) is 70.4 Å². The van der Waals surface area contributed by atoms with Crippen molar-refractivity contribution in [3.63, 3.8) is 0 Å². The van der Waals surface area contributed by atoms with Crippen molar-refractivity contribution in [3.05, 3.63) is 57.9 Å². The molecule has 0 saturated heterocycles. The number of carbonyl (C=O) groups is 1. The van der Waals surface area contributed by atoms with Crippen LogP contribution in [0.2, 0.25) is 0 Å². The predicted octanol–water partition coefficient (Wildman–Crippen LogP) is 2.55. The van der Waals surface area contributed by atoms with E-state index in [-0.39, 0.29) is 0 Å². The van der Waals surface area contributed by atoms with E-state index in [4.69, 9.17) is 5.21 Å². The highest BCUT2D eigenvalue weighted by Crippen LogP contribution is 2.22. The van der Waals surface area contributed by atoms with Crippen molar-refractivity contribution in [2.45, 2.75) is 39.7 Å². The van der Waals surface area contributed by atoms with Crippen LogP contribution < -0.4 is 5.48 Å². The number of aromatic nitrogens is 2. The molecule has 2 heterocycles. The molecule has 1 aliphatic heterocycles. The molecule has 144 valence electrons. The average molecular weight is 368 g/mol. The number of hydrogen-bond acceptors (Lipinski definition) is 4. The molecular formula is C21H28N4O2. The lowest BCUT2D eigenvalue weighted by Gasteiger charge is -2.20. The number of aryl methyl sites for hydroxylation is 3. The van der Waals surface area contributed by atoms with Crippen LogP contribution in [0, 0.1) is 13.8 Å². The summed E-state index contributed by atoms with van der Waals surface area (Å²) in [6.45, 7) is 7.30. The quantitative estimate of drug-likeness (QED) is 0.483. The van der Waals surface area contributed by atoms with Crippen molar-refractivity contribution in [1.82, 2.24) is 20.2 Å². The highest BCUT2D eigenvalue weighted by molar-refractivity contribution is 5.90. The number of fused-ring (bicyclic) bond motifs is 1. The van der Waals surface area contributed by atoms with Crippen molar-refractivity contribution in [3.8, 4) is 0 Å². The molecule has 0 saturated carbocycles. The van der Waals surface area contributed by atoms with E-state index in [0.29, 0.717) is 0 Å². The van der Waals surface area contributed by atoms with Gasteiger partial charge < -0.3 is 0 Å². The second-order valence-electron chi connectivity index (χ2n) is 7.24. The van der Waals surface area contributed by atoms with E-state index in [2.05, 4.69) is 36.0 Å². The monoisotopic (exact) mass is 368 g/mol. The molecule has 3 rings (SSSR count). The zero-order valence-corrected chi connectivity index (χ0v) is 16.3. The molecule has 1 aromatic carbocycles. The maximum absolute atomic E-state index is 11.1. The van der Waals surface area contributed by atoms with Gasteiger partial charge in [-0.05, 0) is 68.0 Å². The molecule has 0 aliphatic carbocycles. The lowest BCUT2D eigenvalue weighted by atomic mass is 10.0. The third-order valence-corrected chi connectivity index (χ3v) is 5.42. The van der Waals surface area contributed by atoms with Gasteiger partial charge in [0.05, 0.1) is 5.69 Å². The molecular weight excluding hydrogens is 340 g/mol. The van der Waals surface area contributed by atoms with Gasteiger partial charge in [0, 0.05) is 31.9 Å². The highest BCUT2D eigenvalue weighted by atomic mass is 16.5. The Labute approximate surface area is 160 Å². The number of amides is 1. The zero-order valence-electron chi connectivity index (χ0n) is 16.3. The SMILES string of the molecule is Cc1nn(C)c(C)c1CCN1CCCc2cc(C=CC(=O)NO)ccc2C1. The van der Waals surface area contributed by atoms with Crippen LogP contribution in [0.1, 0.15) is 40.1 Å². The molecule has 0 fully saturated rings. The summed E-state index contributed by atoms with van der Waals surface area (Å²) < 4.78 is 1.97. The number of rotatable bonds is 5. The highest BCUT2D eigenvalue weighted by Gasteiger charge is 2.16. The van der Waals surface area contributed by atoms with E-state index in [0.717, 1.165) is 50.2 Å². The Bertz CT molecular complexity index is 854. The Morgan fingerprint density at radius 3 is 2.85 bits per heavy atom. The van der Waals surface area contributed by atoms with Gasteiger partial charge >= 0.3 is 0 Å². The molecule has 0 spiro atoms. The summed E-state index contributed by atoms with van der Waals surface area (Å²) >= 11 is 0. The van der Waals surface area contributed by atoms with Gasteiger partial charge in [-0.15, -0.1) is 0 Å². The Balaban J connectivity index is 1.67. The van der Waals surface area contributed by atoms with Crippen LogP contribution >= 0.6 is 0 Å². The standard InChI is InChI=1S/C21H28N4O2/c1-15-20(16(2)24(3)22-15)10-12-25-11-4-5-18-13-17(6-8-19(18)14-25)7-9-21(26)23-27/h6-9,13,27H,4-5,10-12,14H2,1-3H3,(H,23,26). The van der Waals surface area contributed by atoms with Gasteiger partial charge in [0.25, 0.3) is 5.91 Å². The summed E-state index contributed by atoms with van der Waals surface area (Å²) in [6, 6.07) is 6.33. The van der Waals surface area contributed by atoms with Gasteiger partial charge in [-0.2, -0.15) is 5.10 Å². The molecule has 0 radical (unpaired) electrons. The van der Waals surface area contributed by atoms with Gasteiger partial charge in [0.2, 0.25) is 0 Å². The zero-order chi connectivity index (χ0) is 19.4. The second kappa shape index (κ2) is 8.50. The molecule has 27 heavy (non-hydrogen) atoms. The number of nitrogens with zero attached hydrogens (tertiary/aromatic N) is 3. The number of hydroxylamine groups is 1. The van der Waals surface area contributed by atoms with E-state index in [1.54, 1.807) is 11.6 Å². The first kappa shape index (κ1) is 19.3. The number of benzene rings is 1. The van der Waals surface area contributed by atoms with E-state index >= 15 is 0 Å². The van der Waals surface area contributed by atoms with E-state index < -0.39 is 5.91 Å². The van der Waals surface area contributed by atoms with Gasteiger partial charge in [-0.1, -0.05) is 18.2 Å². The molecule has 2 aromatic rings. The fourth-order valence-electron chi connectivity index (χ4n) is 3.80. The second-order valence-corrected chi connectivity index (χ2v) is 7.24. The fraction of sp³-hybridized carbons (Fsp3) is 0.429. The van der Waals surface area contributed by atoms with Gasteiger partial charge in [-0.3, -0.25) is 19.6 Å². The van der Waals surface area contributed by atoms with Crippen molar-refractivity contribution in [2.24, 2.45) is 7.05 Å². The Hall–Kier alpha value is -2.44. The minimum atomic E-state index is -0.517. The largest absolute Gasteiger partial charge is 0.299 e. The Morgan fingerprint density at radius 2 is 2.15 bits per heavy atom. The summed E-state index contributed by atoms with van der Waals surface area (Å²) in [7, 11) is 2.00. The van der Waals surface area contributed by atoms with Crippen LogP contribution in [-0.4, -0.2) is 38.9 Å². The van der Waals surface area contributed by atoms with Gasteiger partial charge in [-0.25, -0.2) is 5.48 Å². The van der Waals surface area contributed by atoms with Crippen molar-refractivity contribution in [2.75, 3.05) is 13.1 Å². The first-order chi connectivity index (χ1) is 13.0. The summed E-state index contributed by atoms with van der Waals surface area (Å²) in [6.07, 6.45) is 6.26. The molecule has 1 aromatic heterocycles.